The van der Waals surface area contributed by atoms with Crippen LogP contribution in [0.15, 0.2) is 70.2 Å². The molecule has 4 nitrogen and oxygen atoms in total. The fourth-order valence-corrected chi connectivity index (χ4v) is 3.86. The highest BCUT2D eigenvalue weighted by atomic mass is 32.1. The summed E-state index contributed by atoms with van der Waals surface area (Å²) < 4.78 is 16.1. The second-order valence-corrected chi connectivity index (χ2v) is 7.29. The van der Waals surface area contributed by atoms with Gasteiger partial charge in [0, 0.05) is 39.6 Å². The third-order valence-electron chi connectivity index (χ3n) is 4.14. The number of nitrogens with one attached hydrogen (secondary N) is 1. The average molecular weight is 378 g/mol. The van der Waals surface area contributed by atoms with E-state index in [1.165, 1.54) is 17.4 Å². The maximum absolute atomic E-state index is 14.4. The van der Waals surface area contributed by atoms with Crippen molar-refractivity contribution in [1.29, 1.82) is 0 Å². The summed E-state index contributed by atoms with van der Waals surface area (Å²) in [6, 6.07) is 14.9. The number of hydrogen-bond acceptors (Lipinski definition) is 3. The first kappa shape index (κ1) is 17.4. The molecule has 2 aromatic carbocycles. The number of hydrogen-bond donors (Lipinski definition) is 1. The summed E-state index contributed by atoms with van der Waals surface area (Å²) in [5.41, 5.74) is 3.22. The van der Waals surface area contributed by atoms with Gasteiger partial charge in [-0.1, -0.05) is 30.3 Å². The summed E-state index contributed by atoms with van der Waals surface area (Å²) in [6.07, 6.45) is 3.71. The molecule has 0 fully saturated rings. The molecule has 4 rings (SSSR count). The van der Waals surface area contributed by atoms with Crippen LogP contribution in [0.2, 0.25) is 0 Å². The number of aromatic nitrogens is 2. The molecule has 6 heteroatoms. The zero-order valence-electron chi connectivity index (χ0n) is 15.1. The Morgan fingerprint density at radius 3 is 2.70 bits per heavy atom. The van der Waals surface area contributed by atoms with E-state index in [9.17, 15) is 4.39 Å². The Labute approximate surface area is 160 Å². The van der Waals surface area contributed by atoms with Crippen LogP contribution in [0.4, 0.5) is 4.39 Å². The van der Waals surface area contributed by atoms with Crippen molar-refractivity contribution in [3.63, 3.8) is 0 Å². The molecule has 0 atom stereocenters. The van der Waals surface area contributed by atoms with Gasteiger partial charge >= 0.3 is 0 Å². The van der Waals surface area contributed by atoms with Crippen molar-refractivity contribution in [1.82, 2.24) is 9.66 Å². The number of thiazole rings is 1. The molecule has 0 saturated carbocycles. The van der Waals surface area contributed by atoms with Gasteiger partial charge in [0.05, 0.1) is 11.9 Å². The molecule has 0 aliphatic rings. The van der Waals surface area contributed by atoms with Crippen molar-refractivity contribution in [3.05, 3.63) is 76.3 Å². The Bertz CT molecular complexity index is 1180. The van der Waals surface area contributed by atoms with Crippen LogP contribution in [-0.2, 0) is 0 Å². The van der Waals surface area contributed by atoms with E-state index in [-0.39, 0.29) is 11.9 Å². The number of halogens is 1. The van der Waals surface area contributed by atoms with E-state index in [0.29, 0.717) is 11.3 Å². The number of H-pyrrole nitrogens is 1. The van der Waals surface area contributed by atoms with Gasteiger partial charge < -0.3 is 4.98 Å². The lowest BCUT2D eigenvalue weighted by Crippen LogP contribution is -2.14. The maximum atomic E-state index is 14.4. The van der Waals surface area contributed by atoms with E-state index in [0.717, 1.165) is 21.3 Å². The molecule has 136 valence electrons. The third kappa shape index (κ3) is 3.48. The molecule has 0 unspecified atom stereocenters. The highest BCUT2D eigenvalue weighted by Gasteiger charge is 2.12. The van der Waals surface area contributed by atoms with Crippen molar-refractivity contribution in [2.75, 3.05) is 0 Å². The van der Waals surface area contributed by atoms with Crippen LogP contribution in [0, 0.1) is 5.82 Å². The SMILES string of the molecule is CC(C)N=c1scc(-c2ccccc2F)n1N=Cc1c[nH]c2ccccc12. The Hall–Kier alpha value is -2.99. The Balaban J connectivity index is 1.85. The van der Waals surface area contributed by atoms with Crippen molar-refractivity contribution in [3.8, 4) is 11.3 Å². The average Bonchev–Trinajstić information content (AvgIpc) is 3.24. The molecule has 0 spiro atoms. The molecular weight excluding hydrogens is 359 g/mol. The smallest absolute Gasteiger partial charge is 0.206 e. The van der Waals surface area contributed by atoms with Gasteiger partial charge in [-0.25, -0.2) is 9.07 Å². The molecule has 0 bridgehead atoms. The van der Waals surface area contributed by atoms with Gasteiger partial charge in [0.2, 0.25) is 4.80 Å². The summed E-state index contributed by atoms with van der Waals surface area (Å²) in [6.45, 7) is 4.02. The van der Waals surface area contributed by atoms with Gasteiger partial charge in [-0.2, -0.15) is 5.10 Å². The number of benzene rings is 2. The third-order valence-corrected chi connectivity index (χ3v) is 4.97. The van der Waals surface area contributed by atoms with Crippen LogP contribution in [0.1, 0.15) is 19.4 Å². The topological polar surface area (TPSA) is 45.4 Å². The Morgan fingerprint density at radius 1 is 1.11 bits per heavy atom. The van der Waals surface area contributed by atoms with E-state index in [2.05, 4.69) is 15.1 Å². The van der Waals surface area contributed by atoms with Crippen molar-refractivity contribution in [2.24, 2.45) is 10.1 Å². The molecule has 0 saturated heterocycles. The highest BCUT2D eigenvalue weighted by Crippen LogP contribution is 2.23. The van der Waals surface area contributed by atoms with Crippen LogP contribution in [0.25, 0.3) is 22.2 Å². The van der Waals surface area contributed by atoms with E-state index in [4.69, 9.17) is 0 Å². The monoisotopic (exact) mass is 378 g/mol. The van der Waals surface area contributed by atoms with E-state index < -0.39 is 0 Å². The van der Waals surface area contributed by atoms with Crippen LogP contribution in [-0.4, -0.2) is 21.9 Å². The Kier molecular flexibility index (Phi) is 4.73. The zero-order valence-corrected chi connectivity index (χ0v) is 15.9. The lowest BCUT2D eigenvalue weighted by molar-refractivity contribution is 0.629. The first-order valence-corrected chi connectivity index (χ1v) is 9.61. The largest absolute Gasteiger partial charge is 0.361 e. The normalized spacial score (nSPS) is 12.7. The molecule has 0 amide bonds. The summed E-state index contributed by atoms with van der Waals surface area (Å²) in [5, 5.41) is 7.64. The lowest BCUT2D eigenvalue weighted by atomic mass is 10.1. The van der Waals surface area contributed by atoms with Crippen LogP contribution in [0.3, 0.4) is 0 Å². The molecule has 2 aromatic heterocycles. The minimum atomic E-state index is -0.276. The van der Waals surface area contributed by atoms with Crippen LogP contribution < -0.4 is 4.80 Å². The molecule has 27 heavy (non-hydrogen) atoms. The maximum Gasteiger partial charge on any atom is 0.206 e. The van der Waals surface area contributed by atoms with Gasteiger partial charge in [0.1, 0.15) is 5.82 Å². The Morgan fingerprint density at radius 2 is 1.89 bits per heavy atom. The van der Waals surface area contributed by atoms with Crippen LogP contribution in [0.5, 0.6) is 0 Å². The van der Waals surface area contributed by atoms with Gasteiger partial charge in [0.25, 0.3) is 0 Å². The molecule has 0 aliphatic carbocycles. The van der Waals surface area contributed by atoms with E-state index >= 15 is 0 Å². The van der Waals surface area contributed by atoms with Crippen molar-refractivity contribution >= 4 is 28.5 Å². The molecule has 0 radical (unpaired) electrons. The van der Waals surface area contributed by atoms with Crippen molar-refractivity contribution in [2.45, 2.75) is 19.9 Å². The number of para-hydroxylation sites is 1. The number of aromatic amines is 1. The van der Waals surface area contributed by atoms with Crippen LogP contribution >= 0.6 is 11.3 Å². The number of rotatable bonds is 4. The zero-order chi connectivity index (χ0) is 18.8. The highest BCUT2D eigenvalue weighted by molar-refractivity contribution is 7.07. The summed E-state index contributed by atoms with van der Waals surface area (Å²) in [5.74, 6) is -0.276. The summed E-state index contributed by atoms with van der Waals surface area (Å²) in [7, 11) is 0. The molecule has 0 aliphatic heterocycles. The molecule has 1 N–H and O–H groups in total. The molecule has 2 heterocycles. The second kappa shape index (κ2) is 7.32. The quantitative estimate of drug-likeness (QED) is 0.484. The predicted octanol–water partition coefficient (Wildman–Crippen LogP) is 5.03. The molecule has 4 aromatic rings. The standard InChI is InChI=1S/C21H19FN4S/c1-14(2)25-21-26(20(13-27-21)17-8-3-5-9-18(17)22)24-12-15-11-23-19-10-6-4-7-16(15)19/h3-14,23H,1-2H3. The fraction of sp³-hybridized carbons (Fsp3) is 0.143. The van der Waals surface area contributed by atoms with Gasteiger partial charge in [-0.3, -0.25) is 4.99 Å². The predicted molar refractivity (Wildman–Crippen MR) is 110 cm³/mol. The number of fused-ring (bicyclic) bond motifs is 1. The number of nitrogens with zero attached hydrogens (tertiary/aromatic N) is 3. The minimum absolute atomic E-state index is 0.117. The summed E-state index contributed by atoms with van der Waals surface area (Å²) in [4.78, 5) is 8.61. The minimum Gasteiger partial charge on any atom is -0.361 e. The summed E-state index contributed by atoms with van der Waals surface area (Å²) >= 11 is 1.46. The van der Waals surface area contributed by atoms with Crippen molar-refractivity contribution < 1.29 is 4.39 Å². The van der Waals surface area contributed by atoms with Gasteiger partial charge in [0.15, 0.2) is 0 Å². The van der Waals surface area contributed by atoms with E-state index in [1.54, 1.807) is 23.0 Å². The van der Waals surface area contributed by atoms with Gasteiger partial charge in [-0.05, 0) is 32.0 Å². The van der Waals surface area contributed by atoms with E-state index in [1.807, 2.05) is 55.8 Å². The lowest BCUT2D eigenvalue weighted by Gasteiger charge is -2.05. The van der Waals surface area contributed by atoms with Gasteiger partial charge in [-0.15, -0.1) is 11.3 Å². The first-order chi connectivity index (χ1) is 13.1. The second-order valence-electron chi connectivity index (χ2n) is 6.45. The first-order valence-electron chi connectivity index (χ1n) is 8.73. The molecular formula is C21H19FN4S. The fourth-order valence-electron chi connectivity index (χ4n) is 2.90.